The maximum absolute atomic E-state index is 11.3. The number of hydrogen-bond acceptors (Lipinski definition) is 6. The number of Topliss-reactive ketones (excluding diaryl/α,β-unsaturated/α-hetero) is 1. The summed E-state index contributed by atoms with van der Waals surface area (Å²) in [5, 5.41) is 38.5. The number of nitriles is 3. The number of nitrogens with zero attached hydrogens (tertiary/aromatic N) is 3. The van der Waals surface area contributed by atoms with Crippen LogP contribution in [-0.4, -0.2) is 10.9 Å². The molecule has 0 fully saturated rings. The van der Waals surface area contributed by atoms with Crippen LogP contribution in [0.4, 0.5) is 5.69 Å². The largest absolute Gasteiger partial charge is 0.505 e. The number of rotatable bonds is 3. The van der Waals surface area contributed by atoms with Crippen molar-refractivity contribution in [3.8, 4) is 24.0 Å². The van der Waals surface area contributed by atoms with Gasteiger partial charge >= 0.3 is 0 Å². The molecule has 6 nitrogen and oxygen atoms in total. The average Bonchev–Trinajstić information content (AvgIpc) is 2.40. The number of nitrogens with one attached hydrogen (secondary N) is 1. The van der Waals surface area contributed by atoms with Gasteiger partial charge in [0.25, 0.3) is 0 Å². The molecule has 1 aromatic rings. The number of aromatic hydroxyl groups is 1. The molecule has 19 heavy (non-hydrogen) atoms. The Balaban J connectivity index is 3.30. The Kier molecular flexibility index (Phi) is 4.24. The zero-order valence-corrected chi connectivity index (χ0v) is 9.93. The van der Waals surface area contributed by atoms with Gasteiger partial charge < -0.3 is 10.4 Å². The third-order valence-electron chi connectivity index (χ3n) is 2.26. The number of allylic oxidation sites excluding steroid dienone is 2. The van der Waals surface area contributed by atoms with Crippen LogP contribution >= 0.6 is 0 Å². The molecule has 0 atom stereocenters. The van der Waals surface area contributed by atoms with Crippen molar-refractivity contribution in [2.45, 2.75) is 6.92 Å². The van der Waals surface area contributed by atoms with Gasteiger partial charge in [-0.2, -0.15) is 15.8 Å². The van der Waals surface area contributed by atoms with Gasteiger partial charge in [-0.15, -0.1) is 0 Å². The summed E-state index contributed by atoms with van der Waals surface area (Å²) in [6.07, 6.45) is 0. The van der Waals surface area contributed by atoms with Crippen molar-refractivity contribution in [3.63, 3.8) is 0 Å². The normalized spacial score (nSPS) is 8.53. The molecule has 0 aliphatic rings. The molecule has 0 aliphatic heterocycles. The number of carbonyl (C=O) groups excluding carboxylic acids is 1. The van der Waals surface area contributed by atoms with Gasteiger partial charge in [0, 0.05) is 0 Å². The van der Waals surface area contributed by atoms with Crippen LogP contribution in [0.25, 0.3) is 0 Å². The fourth-order valence-corrected chi connectivity index (χ4v) is 1.35. The summed E-state index contributed by atoms with van der Waals surface area (Å²) in [5.74, 6) is -0.678. The predicted molar refractivity (Wildman–Crippen MR) is 65.6 cm³/mol. The highest BCUT2D eigenvalue weighted by Gasteiger charge is 2.13. The van der Waals surface area contributed by atoms with Crippen molar-refractivity contribution >= 4 is 11.5 Å². The van der Waals surface area contributed by atoms with Crippen LogP contribution in [0, 0.1) is 34.0 Å². The Morgan fingerprint density at radius 3 is 2.32 bits per heavy atom. The minimum absolute atomic E-state index is 0.0762. The summed E-state index contributed by atoms with van der Waals surface area (Å²) in [7, 11) is 0. The first kappa shape index (κ1) is 13.8. The number of carbonyl (C=O) groups is 1. The number of phenols is 1. The summed E-state index contributed by atoms with van der Waals surface area (Å²) >= 11 is 0. The lowest BCUT2D eigenvalue weighted by Gasteiger charge is -2.09. The highest BCUT2D eigenvalue weighted by atomic mass is 16.3. The maximum Gasteiger partial charge on any atom is 0.163 e. The third-order valence-corrected chi connectivity index (χ3v) is 2.26. The SMILES string of the molecule is CC(=O)c1cccc(NC(C#N)=C(C#N)C#N)c1O. The monoisotopic (exact) mass is 252 g/mol. The zero-order chi connectivity index (χ0) is 14.4. The molecular formula is C13H8N4O2. The maximum atomic E-state index is 11.3. The van der Waals surface area contributed by atoms with E-state index in [2.05, 4.69) is 5.32 Å². The van der Waals surface area contributed by atoms with Crippen LogP contribution in [0.1, 0.15) is 17.3 Å². The van der Waals surface area contributed by atoms with E-state index < -0.39 is 5.57 Å². The first-order valence-corrected chi connectivity index (χ1v) is 5.09. The van der Waals surface area contributed by atoms with E-state index in [1.54, 1.807) is 18.2 Å². The molecule has 0 amide bonds. The molecule has 0 bridgehead atoms. The number of hydrogen-bond donors (Lipinski definition) is 2. The van der Waals surface area contributed by atoms with Gasteiger partial charge in [-0.05, 0) is 19.1 Å². The molecule has 0 unspecified atom stereocenters. The second-order valence-corrected chi connectivity index (χ2v) is 3.47. The first-order valence-electron chi connectivity index (χ1n) is 5.09. The molecule has 0 spiro atoms. The van der Waals surface area contributed by atoms with Crippen LogP contribution in [-0.2, 0) is 0 Å². The lowest BCUT2D eigenvalue weighted by Crippen LogP contribution is -2.03. The van der Waals surface area contributed by atoms with E-state index in [4.69, 9.17) is 15.8 Å². The van der Waals surface area contributed by atoms with Crippen LogP contribution in [0.5, 0.6) is 5.75 Å². The van der Waals surface area contributed by atoms with Gasteiger partial charge in [0.1, 0.15) is 29.7 Å². The van der Waals surface area contributed by atoms with Crippen LogP contribution in [0.15, 0.2) is 29.5 Å². The van der Waals surface area contributed by atoms with Crippen molar-refractivity contribution in [1.82, 2.24) is 0 Å². The minimum atomic E-state index is -0.407. The Morgan fingerprint density at radius 2 is 1.84 bits per heavy atom. The highest BCUT2D eigenvalue weighted by Crippen LogP contribution is 2.29. The van der Waals surface area contributed by atoms with Crippen LogP contribution < -0.4 is 5.32 Å². The van der Waals surface area contributed by atoms with Gasteiger partial charge in [-0.25, -0.2) is 0 Å². The van der Waals surface area contributed by atoms with Gasteiger partial charge in [-0.3, -0.25) is 4.79 Å². The smallest absolute Gasteiger partial charge is 0.163 e. The van der Waals surface area contributed by atoms with Gasteiger partial charge in [0.05, 0.1) is 11.3 Å². The molecule has 2 N–H and O–H groups in total. The molecular weight excluding hydrogens is 244 g/mol. The minimum Gasteiger partial charge on any atom is -0.505 e. The molecule has 0 aliphatic carbocycles. The highest BCUT2D eigenvalue weighted by molar-refractivity contribution is 5.98. The second-order valence-electron chi connectivity index (χ2n) is 3.47. The third kappa shape index (κ3) is 2.88. The fourth-order valence-electron chi connectivity index (χ4n) is 1.35. The van der Waals surface area contributed by atoms with E-state index in [9.17, 15) is 9.90 Å². The number of para-hydroxylation sites is 1. The molecule has 92 valence electrons. The summed E-state index contributed by atoms with van der Waals surface area (Å²) in [5.41, 5.74) is -0.541. The summed E-state index contributed by atoms with van der Waals surface area (Å²) in [6, 6.07) is 9.14. The number of phenolic OH excluding ortho intramolecular Hbond substituents is 1. The van der Waals surface area contributed by atoms with Gasteiger partial charge in [0.15, 0.2) is 11.4 Å². The molecule has 0 aromatic heterocycles. The van der Waals surface area contributed by atoms with E-state index in [-0.39, 0.29) is 28.5 Å². The molecule has 1 aromatic carbocycles. The molecule has 1 rings (SSSR count). The molecule has 0 radical (unpaired) electrons. The fraction of sp³-hybridized carbons (Fsp3) is 0.0769. The predicted octanol–water partition coefficient (Wildman–Crippen LogP) is 1.83. The Morgan fingerprint density at radius 1 is 1.21 bits per heavy atom. The topological polar surface area (TPSA) is 121 Å². The van der Waals surface area contributed by atoms with Crippen molar-refractivity contribution in [1.29, 1.82) is 15.8 Å². The first-order chi connectivity index (χ1) is 9.04. The van der Waals surface area contributed by atoms with E-state index in [0.29, 0.717) is 0 Å². The van der Waals surface area contributed by atoms with Crippen molar-refractivity contribution in [2.24, 2.45) is 0 Å². The van der Waals surface area contributed by atoms with E-state index >= 15 is 0 Å². The Bertz CT molecular complexity index is 668. The molecule has 0 saturated heterocycles. The molecule has 6 heteroatoms. The molecule has 0 heterocycles. The van der Waals surface area contributed by atoms with Crippen molar-refractivity contribution in [3.05, 3.63) is 35.0 Å². The van der Waals surface area contributed by atoms with Gasteiger partial charge in [-0.1, -0.05) is 6.07 Å². The zero-order valence-electron chi connectivity index (χ0n) is 9.93. The number of ketones is 1. The van der Waals surface area contributed by atoms with E-state index in [1.165, 1.54) is 25.1 Å². The van der Waals surface area contributed by atoms with E-state index in [0.717, 1.165) is 0 Å². The standard InChI is InChI=1S/C13H8N4O2/c1-8(18)10-3-2-4-11(13(10)19)17-12(7-16)9(5-14)6-15/h2-4,17,19H,1H3. The van der Waals surface area contributed by atoms with Crippen molar-refractivity contribution in [2.75, 3.05) is 5.32 Å². The lowest BCUT2D eigenvalue weighted by atomic mass is 10.1. The summed E-state index contributed by atoms with van der Waals surface area (Å²) in [4.78, 5) is 11.3. The van der Waals surface area contributed by atoms with E-state index in [1.807, 2.05) is 0 Å². The summed E-state index contributed by atoms with van der Waals surface area (Å²) < 4.78 is 0. The summed E-state index contributed by atoms with van der Waals surface area (Å²) in [6.45, 7) is 1.29. The Hall–Kier alpha value is -3.30. The van der Waals surface area contributed by atoms with Crippen LogP contribution in [0.2, 0.25) is 0 Å². The van der Waals surface area contributed by atoms with Crippen LogP contribution in [0.3, 0.4) is 0 Å². The molecule has 0 saturated carbocycles. The van der Waals surface area contributed by atoms with Gasteiger partial charge in [0.2, 0.25) is 0 Å². The Labute approximate surface area is 109 Å². The van der Waals surface area contributed by atoms with Crippen molar-refractivity contribution < 1.29 is 9.90 Å². The number of benzene rings is 1. The number of anilines is 1. The lowest BCUT2D eigenvalue weighted by molar-refractivity contribution is 0.101. The quantitative estimate of drug-likeness (QED) is 0.481. The second kappa shape index (κ2) is 5.86. The average molecular weight is 252 g/mol.